The SMILES string of the molecule is CCc1ccc(C(N)c2ccc(OC(F)(F)F)cc2)o1. The van der Waals surface area contributed by atoms with Gasteiger partial charge in [-0.2, -0.15) is 0 Å². The number of ether oxygens (including phenoxy) is 1. The second-order valence-electron chi connectivity index (χ2n) is 4.25. The maximum Gasteiger partial charge on any atom is 0.573 e. The average molecular weight is 285 g/mol. The third-order valence-electron chi connectivity index (χ3n) is 2.81. The van der Waals surface area contributed by atoms with Crippen LogP contribution in [0.25, 0.3) is 0 Å². The van der Waals surface area contributed by atoms with E-state index in [0.717, 1.165) is 12.2 Å². The molecular formula is C14H14F3NO2. The van der Waals surface area contributed by atoms with Gasteiger partial charge in [-0.1, -0.05) is 19.1 Å². The van der Waals surface area contributed by atoms with Gasteiger partial charge in [0.25, 0.3) is 0 Å². The van der Waals surface area contributed by atoms with Crippen molar-refractivity contribution < 1.29 is 22.3 Å². The van der Waals surface area contributed by atoms with Gasteiger partial charge in [-0.3, -0.25) is 0 Å². The molecule has 108 valence electrons. The van der Waals surface area contributed by atoms with Crippen molar-refractivity contribution in [1.82, 2.24) is 0 Å². The van der Waals surface area contributed by atoms with Crippen molar-refractivity contribution in [3.8, 4) is 5.75 Å². The molecule has 0 spiro atoms. The first-order valence-electron chi connectivity index (χ1n) is 6.09. The van der Waals surface area contributed by atoms with Gasteiger partial charge < -0.3 is 14.9 Å². The molecule has 0 saturated carbocycles. The van der Waals surface area contributed by atoms with Crippen molar-refractivity contribution in [2.45, 2.75) is 25.7 Å². The second kappa shape index (κ2) is 5.58. The zero-order valence-corrected chi connectivity index (χ0v) is 10.8. The van der Waals surface area contributed by atoms with Crippen LogP contribution in [0.3, 0.4) is 0 Å². The number of hydrogen-bond acceptors (Lipinski definition) is 3. The van der Waals surface area contributed by atoms with Crippen molar-refractivity contribution in [3.63, 3.8) is 0 Å². The molecule has 1 heterocycles. The molecule has 6 heteroatoms. The molecule has 0 aliphatic carbocycles. The predicted molar refractivity (Wildman–Crippen MR) is 67.2 cm³/mol. The summed E-state index contributed by atoms with van der Waals surface area (Å²) in [5.74, 6) is 1.11. The highest BCUT2D eigenvalue weighted by molar-refractivity contribution is 5.32. The van der Waals surface area contributed by atoms with Crippen LogP contribution < -0.4 is 10.5 Å². The number of furan rings is 1. The average Bonchev–Trinajstić information content (AvgIpc) is 2.85. The van der Waals surface area contributed by atoms with E-state index in [1.54, 1.807) is 6.07 Å². The quantitative estimate of drug-likeness (QED) is 0.929. The van der Waals surface area contributed by atoms with E-state index in [2.05, 4.69) is 4.74 Å². The van der Waals surface area contributed by atoms with E-state index in [-0.39, 0.29) is 5.75 Å². The number of rotatable bonds is 4. The molecule has 1 aromatic carbocycles. The maximum absolute atomic E-state index is 12.0. The summed E-state index contributed by atoms with van der Waals surface area (Å²) in [6.07, 6.45) is -3.94. The summed E-state index contributed by atoms with van der Waals surface area (Å²) < 4.78 is 45.5. The summed E-state index contributed by atoms with van der Waals surface area (Å²) in [5.41, 5.74) is 6.65. The summed E-state index contributed by atoms with van der Waals surface area (Å²) in [6, 6.07) is 8.51. The zero-order valence-electron chi connectivity index (χ0n) is 10.8. The molecule has 0 bridgehead atoms. The van der Waals surface area contributed by atoms with Gasteiger partial charge in [0.2, 0.25) is 0 Å². The van der Waals surface area contributed by atoms with E-state index in [1.807, 2.05) is 13.0 Å². The van der Waals surface area contributed by atoms with Crippen molar-refractivity contribution in [1.29, 1.82) is 0 Å². The minimum atomic E-state index is -4.69. The van der Waals surface area contributed by atoms with Crippen LogP contribution >= 0.6 is 0 Å². The standard InChI is InChI=1S/C14H14F3NO2/c1-2-10-7-8-12(19-10)13(18)9-3-5-11(6-4-9)20-14(15,16)17/h3-8,13H,2,18H2,1H3. The van der Waals surface area contributed by atoms with Gasteiger partial charge >= 0.3 is 6.36 Å². The zero-order chi connectivity index (χ0) is 14.8. The summed E-state index contributed by atoms with van der Waals surface area (Å²) in [4.78, 5) is 0. The first-order valence-corrected chi connectivity index (χ1v) is 6.09. The first kappa shape index (κ1) is 14.5. The van der Waals surface area contributed by atoms with E-state index in [9.17, 15) is 13.2 Å². The van der Waals surface area contributed by atoms with Crippen LogP contribution in [0, 0.1) is 0 Å². The van der Waals surface area contributed by atoms with Gasteiger partial charge in [0.05, 0.1) is 6.04 Å². The Kier molecular flexibility index (Phi) is 4.04. The largest absolute Gasteiger partial charge is 0.573 e. The van der Waals surface area contributed by atoms with Crippen LogP contribution in [0.2, 0.25) is 0 Å². The molecule has 1 aromatic heterocycles. The Labute approximate surface area is 114 Å². The minimum Gasteiger partial charge on any atom is -0.464 e. The summed E-state index contributed by atoms with van der Waals surface area (Å²) in [7, 11) is 0. The van der Waals surface area contributed by atoms with Crippen molar-refractivity contribution >= 4 is 0 Å². The Hall–Kier alpha value is -1.95. The lowest BCUT2D eigenvalue weighted by Gasteiger charge is -2.12. The molecule has 0 saturated heterocycles. The summed E-state index contributed by atoms with van der Waals surface area (Å²) in [5, 5.41) is 0. The second-order valence-corrected chi connectivity index (χ2v) is 4.25. The van der Waals surface area contributed by atoms with Crippen molar-refractivity contribution in [2.75, 3.05) is 0 Å². The molecule has 0 amide bonds. The molecule has 3 nitrogen and oxygen atoms in total. The van der Waals surface area contributed by atoms with E-state index in [4.69, 9.17) is 10.2 Å². The van der Waals surface area contributed by atoms with Gasteiger partial charge in [-0.25, -0.2) is 0 Å². The van der Waals surface area contributed by atoms with Crippen LogP contribution in [-0.2, 0) is 6.42 Å². The first-order chi connectivity index (χ1) is 9.39. The van der Waals surface area contributed by atoms with Gasteiger partial charge in [-0.15, -0.1) is 13.2 Å². The van der Waals surface area contributed by atoms with Crippen LogP contribution in [0.1, 0.15) is 30.0 Å². The molecule has 20 heavy (non-hydrogen) atoms. The van der Waals surface area contributed by atoms with Crippen molar-refractivity contribution in [2.24, 2.45) is 5.73 Å². The minimum absolute atomic E-state index is 0.276. The van der Waals surface area contributed by atoms with E-state index in [0.29, 0.717) is 11.3 Å². The number of benzene rings is 1. The summed E-state index contributed by atoms with van der Waals surface area (Å²) >= 11 is 0. The fraction of sp³-hybridized carbons (Fsp3) is 0.286. The Morgan fingerprint density at radius 2 is 1.80 bits per heavy atom. The van der Waals surface area contributed by atoms with E-state index in [1.165, 1.54) is 24.3 Å². The molecule has 0 aliphatic rings. The Bertz CT molecular complexity index is 561. The highest BCUT2D eigenvalue weighted by atomic mass is 19.4. The highest BCUT2D eigenvalue weighted by Crippen LogP contribution is 2.26. The fourth-order valence-corrected chi connectivity index (χ4v) is 1.79. The summed E-state index contributed by atoms with van der Waals surface area (Å²) in [6.45, 7) is 1.96. The van der Waals surface area contributed by atoms with Crippen LogP contribution in [0.5, 0.6) is 5.75 Å². The molecular weight excluding hydrogens is 271 g/mol. The van der Waals surface area contributed by atoms with E-state index >= 15 is 0 Å². The Balaban J connectivity index is 2.13. The topological polar surface area (TPSA) is 48.4 Å². The van der Waals surface area contributed by atoms with Gasteiger partial charge in [-0.05, 0) is 29.8 Å². The maximum atomic E-state index is 12.0. The third kappa shape index (κ3) is 3.54. The lowest BCUT2D eigenvalue weighted by atomic mass is 10.1. The fourth-order valence-electron chi connectivity index (χ4n) is 1.79. The van der Waals surface area contributed by atoms with Crippen LogP contribution in [-0.4, -0.2) is 6.36 Å². The monoisotopic (exact) mass is 285 g/mol. The lowest BCUT2D eigenvalue weighted by Crippen LogP contribution is -2.17. The van der Waals surface area contributed by atoms with E-state index < -0.39 is 12.4 Å². The number of aryl methyl sites for hydroxylation is 1. The number of nitrogens with two attached hydrogens (primary N) is 1. The van der Waals surface area contributed by atoms with Gasteiger partial charge in [0.15, 0.2) is 0 Å². The molecule has 0 radical (unpaired) electrons. The van der Waals surface area contributed by atoms with Gasteiger partial charge in [0.1, 0.15) is 17.3 Å². The molecule has 2 N–H and O–H groups in total. The molecule has 1 atom stereocenters. The number of hydrogen-bond donors (Lipinski definition) is 1. The normalized spacial score (nSPS) is 13.2. The molecule has 1 unspecified atom stereocenters. The molecule has 0 fully saturated rings. The lowest BCUT2D eigenvalue weighted by molar-refractivity contribution is -0.274. The molecule has 0 aliphatic heterocycles. The number of alkyl halides is 3. The van der Waals surface area contributed by atoms with Crippen LogP contribution in [0.15, 0.2) is 40.8 Å². The smallest absolute Gasteiger partial charge is 0.464 e. The molecule has 2 aromatic rings. The third-order valence-corrected chi connectivity index (χ3v) is 2.81. The van der Waals surface area contributed by atoms with Crippen molar-refractivity contribution in [3.05, 3.63) is 53.5 Å². The van der Waals surface area contributed by atoms with Gasteiger partial charge in [0, 0.05) is 6.42 Å². The Morgan fingerprint density at radius 1 is 1.15 bits per heavy atom. The Morgan fingerprint density at radius 3 is 2.30 bits per heavy atom. The van der Waals surface area contributed by atoms with Crippen LogP contribution in [0.4, 0.5) is 13.2 Å². The predicted octanol–water partition coefficient (Wildman–Crippen LogP) is 3.79. The highest BCUT2D eigenvalue weighted by Gasteiger charge is 2.31. The molecule has 2 rings (SSSR count). The number of halogens is 3.